The minimum absolute atomic E-state index is 0.0820. The van der Waals surface area contributed by atoms with Gasteiger partial charge in [-0.3, -0.25) is 0 Å². The van der Waals surface area contributed by atoms with E-state index in [9.17, 15) is 18.0 Å². The minimum Gasteiger partial charge on any atom is -0.396 e. The van der Waals surface area contributed by atoms with Crippen molar-refractivity contribution in [1.82, 2.24) is 10.6 Å². The van der Waals surface area contributed by atoms with E-state index in [-0.39, 0.29) is 37.2 Å². The summed E-state index contributed by atoms with van der Waals surface area (Å²) in [5.74, 6) is -3.63. The number of aliphatic hydroxyl groups is 1. The SMILES string of the molecule is O=C(NCCc1cc(F)c(F)c(F)c1)NC1CCC(CO)CC1. The van der Waals surface area contributed by atoms with Crippen LogP contribution in [-0.2, 0) is 6.42 Å². The van der Waals surface area contributed by atoms with Crippen LogP contribution >= 0.6 is 0 Å². The monoisotopic (exact) mass is 330 g/mol. The highest BCUT2D eigenvalue weighted by Gasteiger charge is 2.21. The highest BCUT2D eigenvalue weighted by atomic mass is 19.2. The molecule has 1 aromatic rings. The van der Waals surface area contributed by atoms with Crippen LogP contribution in [0.5, 0.6) is 0 Å². The van der Waals surface area contributed by atoms with Gasteiger partial charge < -0.3 is 15.7 Å². The van der Waals surface area contributed by atoms with Gasteiger partial charge in [0.05, 0.1) is 0 Å². The molecule has 4 nitrogen and oxygen atoms in total. The van der Waals surface area contributed by atoms with Crippen molar-refractivity contribution in [2.24, 2.45) is 5.92 Å². The van der Waals surface area contributed by atoms with E-state index in [1.54, 1.807) is 0 Å². The van der Waals surface area contributed by atoms with Crippen molar-refractivity contribution in [2.45, 2.75) is 38.1 Å². The summed E-state index contributed by atoms with van der Waals surface area (Å²) in [6, 6.07) is 1.60. The quantitative estimate of drug-likeness (QED) is 0.727. The Balaban J connectivity index is 1.71. The van der Waals surface area contributed by atoms with Gasteiger partial charge in [-0.25, -0.2) is 18.0 Å². The van der Waals surface area contributed by atoms with Gasteiger partial charge in [0.1, 0.15) is 0 Å². The zero-order valence-corrected chi connectivity index (χ0v) is 12.7. The first-order valence-corrected chi connectivity index (χ1v) is 7.78. The Morgan fingerprint density at radius 2 is 1.74 bits per heavy atom. The first kappa shape index (κ1) is 17.6. The second-order valence-electron chi connectivity index (χ2n) is 5.92. The fourth-order valence-electron chi connectivity index (χ4n) is 2.80. The van der Waals surface area contributed by atoms with Crippen LogP contribution in [0.25, 0.3) is 0 Å². The van der Waals surface area contributed by atoms with Crippen LogP contribution in [0, 0.1) is 23.4 Å². The molecule has 23 heavy (non-hydrogen) atoms. The van der Waals surface area contributed by atoms with Gasteiger partial charge in [0.25, 0.3) is 0 Å². The van der Waals surface area contributed by atoms with Crippen LogP contribution in [0.15, 0.2) is 12.1 Å². The third kappa shape index (κ3) is 5.13. The number of nitrogens with one attached hydrogen (secondary N) is 2. The number of halogens is 3. The Bertz CT molecular complexity index is 523. The van der Waals surface area contributed by atoms with Crippen molar-refractivity contribution < 1.29 is 23.1 Å². The van der Waals surface area contributed by atoms with Crippen molar-refractivity contribution >= 4 is 6.03 Å². The number of carbonyl (C=O) groups excluding carboxylic acids is 1. The Morgan fingerprint density at radius 1 is 1.13 bits per heavy atom. The summed E-state index contributed by atoms with van der Waals surface area (Å²) in [5, 5.41) is 14.5. The molecule has 3 N–H and O–H groups in total. The third-order valence-corrected chi connectivity index (χ3v) is 4.18. The van der Waals surface area contributed by atoms with Gasteiger partial charge in [-0.15, -0.1) is 0 Å². The number of hydrogen-bond donors (Lipinski definition) is 3. The average molecular weight is 330 g/mol. The fraction of sp³-hybridized carbons (Fsp3) is 0.562. The molecule has 1 aliphatic carbocycles. The molecule has 0 bridgehead atoms. The Morgan fingerprint density at radius 3 is 2.30 bits per heavy atom. The van der Waals surface area contributed by atoms with Crippen LogP contribution in [0.3, 0.4) is 0 Å². The largest absolute Gasteiger partial charge is 0.396 e. The molecule has 0 heterocycles. The number of urea groups is 1. The molecule has 1 saturated carbocycles. The number of amides is 2. The maximum absolute atomic E-state index is 13.1. The molecule has 0 atom stereocenters. The normalized spacial score (nSPS) is 21.0. The van der Waals surface area contributed by atoms with Gasteiger partial charge >= 0.3 is 6.03 Å². The van der Waals surface area contributed by atoms with Gasteiger partial charge in [0.2, 0.25) is 0 Å². The van der Waals surface area contributed by atoms with E-state index in [0.717, 1.165) is 37.8 Å². The van der Waals surface area contributed by atoms with E-state index in [4.69, 9.17) is 5.11 Å². The molecule has 7 heteroatoms. The van der Waals surface area contributed by atoms with Crippen molar-refractivity contribution in [3.05, 3.63) is 35.1 Å². The van der Waals surface area contributed by atoms with Crippen LogP contribution in [0.2, 0.25) is 0 Å². The van der Waals surface area contributed by atoms with Gasteiger partial charge in [-0.05, 0) is 55.7 Å². The lowest BCUT2D eigenvalue weighted by molar-refractivity contribution is 0.174. The molecular formula is C16H21F3N2O2. The first-order valence-electron chi connectivity index (χ1n) is 7.78. The highest BCUT2D eigenvalue weighted by Crippen LogP contribution is 2.23. The summed E-state index contributed by atoms with van der Waals surface area (Å²) in [6.45, 7) is 0.381. The molecule has 2 amide bonds. The van der Waals surface area contributed by atoms with Crippen LogP contribution in [0.1, 0.15) is 31.2 Å². The molecule has 0 aromatic heterocycles. The van der Waals surface area contributed by atoms with E-state index in [1.807, 2.05) is 0 Å². The van der Waals surface area contributed by atoms with Gasteiger partial charge in [0, 0.05) is 19.2 Å². The predicted octanol–water partition coefficient (Wildman–Crippen LogP) is 2.50. The molecule has 1 aliphatic rings. The van der Waals surface area contributed by atoms with Crippen molar-refractivity contribution in [3.63, 3.8) is 0 Å². The third-order valence-electron chi connectivity index (χ3n) is 4.18. The topological polar surface area (TPSA) is 61.4 Å². The van der Waals surface area contributed by atoms with Gasteiger partial charge in [-0.2, -0.15) is 0 Å². The summed E-state index contributed by atoms with van der Waals surface area (Å²) in [7, 11) is 0. The molecule has 0 unspecified atom stereocenters. The van der Waals surface area contributed by atoms with Crippen molar-refractivity contribution in [2.75, 3.05) is 13.2 Å². The van der Waals surface area contributed by atoms with E-state index >= 15 is 0 Å². The molecule has 2 rings (SSSR count). The second kappa shape index (κ2) is 8.19. The molecule has 1 fully saturated rings. The number of benzene rings is 1. The highest BCUT2D eigenvalue weighted by molar-refractivity contribution is 5.74. The average Bonchev–Trinajstić information content (AvgIpc) is 2.53. The smallest absolute Gasteiger partial charge is 0.315 e. The Kier molecular flexibility index (Phi) is 6.27. The Labute approximate surface area is 133 Å². The minimum atomic E-state index is -1.49. The van der Waals surface area contributed by atoms with E-state index in [2.05, 4.69) is 10.6 Å². The van der Waals surface area contributed by atoms with E-state index in [0.29, 0.717) is 5.92 Å². The van der Waals surface area contributed by atoms with Crippen molar-refractivity contribution in [1.29, 1.82) is 0 Å². The summed E-state index contributed by atoms with van der Waals surface area (Å²) < 4.78 is 39.0. The molecule has 0 spiro atoms. The number of aliphatic hydroxyl groups excluding tert-OH is 1. The number of rotatable bonds is 5. The van der Waals surface area contributed by atoms with Crippen LogP contribution in [-0.4, -0.2) is 30.3 Å². The summed E-state index contributed by atoms with van der Waals surface area (Å²) in [6.07, 6.45) is 3.63. The standard InChI is InChI=1S/C16H21F3N2O2/c17-13-7-11(8-14(18)15(13)19)5-6-20-16(23)21-12-3-1-10(9-22)2-4-12/h7-8,10,12,22H,1-6,9H2,(H2,20,21,23). The van der Waals surface area contributed by atoms with Crippen LogP contribution in [0.4, 0.5) is 18.0 Å². The molecule has 1 aromatic carbocycles. The predicted molar refractivity (Wildman–Crippen MR) is 79.4 cm³/mol. The molecule has 128 valence electrons. The van der Waals surface area contributed by atoms with E-state index < -0.39 is 17.5 Å². The summed E-state index contributed by atoms with van der Waals surface area (Å²) in [5.41, 5.74) is 0.283. The lowest BCUT2D eigenvalue weighted by Crippen LogP contribution is -2.44. The molecular weight excluding hydrogens is 309 g/mol. The zero-order chi connectivity index (χ0) is 16.8. The number of carbonyl (C=O) groups is 1. The summed E-state index contributed by atoms with van der Waals surface area (Å²) in [4.78, 5) is 11.8. The molecule has 0 aliphatic heterocycles. The maximum atomic E-state index is 13.1. The maximum Gasteiger partial charge on any atom is 0.315 e. The lowest BCUT2D eigenvalue weighted by Gasteiger charge is -2.27. The van der Waals surface area contributed by atoms with Gasteiger partial charge in [-0.1, -0.05) is 0 Å². The first-order chi connectivity index (χ1) is 11.0. The number of hydrogen-bond acceptors (Lipinski definition) is 2. The fourth-order valence-corrected chi connectivity index (χ4v) is 2.80. The zero-order valence-electron chi connectivity index (χ0n) is 12.7. The molecule has 0 radical (unpaired) electrons. The van der Waals surface area contributed by atoms with Gasteiger partial charge in [0.15, 0.2) is 17.5 Å². The van der Waals surface area contributed by atoms with Crippen LogP contribution < -0.4 is 10.6 Å². The summed E-state index contributed by atoms with van der Waals surface area (Å²) >= 11 is 0. The Hall–Kier alpha value is -1.76. The van der Waals surface area contributed by atoms with E-state index in [1.165, 1.54) is 0 Å². The lowest BCUT2D eigenvalue weighted by atomic mass is 9.87. The second-order valence-corrected chi connectivity index (χ2v) is 5.92. The molecule has 0 saturated heterocycles. The van der Waals surface area contributed by atoms with Crippen molar-refractivity contribution in [3.8, 4) is 0 Å².